The van der Waals surface area contributed by atoms with E-state index in [9.17, 15) is 19.8 Å². The topological polar surface area (TPSA) is 102 Å². The molecular formula is C56H53ClN4O4+2. The van der Waals surface area contributed by atoms with E-state index in [0.29, 0.717) is 28.9 Å². The van der Waals surface area contributed by atoms with Gasteiger partial charge in [-0.2, -0.15) is 4.58 Å². The van der Waals surface area contributed by atoms with Gasteiger partial charge in [0.05, 0.1) is 17.3 Å². The number of carbonyl (C=O) groups excluding carboxylic acids is 2. The smallest absolute Gasteiger partial charge is 0.289 e. The van der Waals surface area contributed by atoms with Gasteiger partial charge in [0.25, 0.3) is 5.91 Å². The zero-order chi connectivity index (χ0) is 45.3. The number of quaternary nitrogens is 1. The summed E-state index contributed by atoms with van der Waals surface area (Å²) in [6.07, 6.45) is 11.7. The van der Waals surface area contributed by atoms with Crippen LogP contribution in [0.5, 0.6) is 11.5 Å². The fourth-order valence-electron chi connectivity index (χ4n) is 11.0. The van der Waals surface area contributed by atoms with Crippen LogP contribution in [0.4, 0.5) is 22.7 Å². The van der Waals surface area contributed by atoms with Crippen LogP contribution in [0.25, 0.3) is 21.5 Å². The van der Waals surface area contributed by atoms with Crippen molar-refractivity contribution in [1.29, 1.82) is 0 Å². The lowest BCUT2D eigenvalue weighted by molar-refractivity contribution is -0.436. The van der Waals surface area contributed by atoms with Crippen molar-refractivity contribution in [3.05, 3.63) is 179 Å². The molecule has 65 heavy (non-hydrogen) atoms. The molecule has 2 unspecified atom stereocenters. The largest absolute Gasteiger partial charge is 0.508 e. The van der Waals surface area contributed by atoms with Crippen LogP contribution in [0.1, 0.15) is 64.5 Å². The quantitative estimate of drug-likeness (QED) is 0.0503. The number of aromatic hydroxyl groups is 2. The van der Waals surface area contributed by atoms with Crippen LogP contribution < -0.4 is 15.1 Å². The minimum atomic E-state index is -0.386. The zero-order valence-electron chi connectivity index (χ0n) is 37.2. The number of nitrogens with zero attached hydrogens (tertiary/aromatic N) is 2. The van der Waals surface area contributed by atoms with E-state index in [1.165, 1.54) is 32.7 Å². The second-order valence-electron chi connectivity index (χ2n) is 18.9. The van der Waals surface area contributed by atoms with Crippen LogP contribution in [-0.2, 0) is 20.4 Å². The number of phenolic OH excluding ortho intramolecular Hbond substituents is 2. The van der Waals surface area contributed by atoms with Gasteiger partial charge in [0.15, 0.2) is 18.8 Å². The Morgan fingerprint density at radius 2 is 1.34 bits per heavy atom. The molecule has 6 aromatic rings. The average Bonchev–Trinajstić information content (AvgIpc) is 3.95. The average molecular weight is 882 g/mol. The van der Waals surface area contributed by atoms with Crippen LogP contribution in [-0.4, -0.2) is 51.4 Å². The SMILES string of the molecule is CC1(C)C(/C=C/C2=C(Cl)C(=C/C=C3\C(C)(C)c4c(ccc5ccccc45)[N+]34CC4C(=O)Nc3ccc(O)cc3)/CCC2)=[N+](CCC(=O)Nc2ccc(O)cc2)c2ccc3ccccc3c21. The van der Waals surface area contributed by atoms with Gasteiger partial charge in [-0.25, -0.2) is 4.48 Å². The number of phenols is 2. The van der Waals surface area contributed by atoms with Crippen molar-refractivity contribution in [3.63, 3.8) is 0 Å². The first kappa shape index (κ1) is 42.2. The predicted octanol–water partition coefficient (Wildman–Crippen LogP) is 12.2. The van der Waals surface area contributed by atoms with Gasteiger partial charge in [-0.3, -0.25) is 9.59 Å². The highest BCUT2D eigenvalue weighted by Gasteiger charge is 2.71. The van der Waals surface area contributed by atoms with Crippen molar-refractivity contribution in [3.8, 4) is 11.5 Å². The number of hydrogen-bond acceptors (Lipinski definition) is 4. The summed E-state index contributed by atoms with van der Waals surface area (Å²) in [5.41, 5.74) is 9.66. The summed E-state index contributed by atoms with van der Waals surface area (Å²) in [4.78, 5) is 27.4. The second kappa shape index (κ2) is 16.1. The summed E-state index contributed by atoms with van der Waals surface area (Å²) < 4.78 is 2.75. The van der Waals surface area contributed by atoms with Gasteiger partial charge in [-0.1, -0.05) is 72.3 Å². The summed E-state index contributed by atoms with van der Waals surface area (Å²) >= 11 is 7.44. The molecule has 3 aliphatic heterocycles. The molecule has 3 heterocycles. The summed E-state index contributed by atoms with van der Waals surface area (Å²) in [6.45, 7) is 10.2. The molecule has 326 valence electrons. The Morgan fingerprint density at radius 1 is 0.723 bits per heavy atom. The molecule has 0 radical (unpaired) electrons. The van der Waals surface area contributed by atoms with E-state index in [1.54, 1.807) is 48.5 Å². The molecule has 6 aromatic carbocycles. The van der Waals surface area contributed by atoms with Crippen molar-refractivity contribution >= 4 is 73.4 Å². The van der Waals surface area contributed by atoms with Crippen LogP contribution in [0, 0.1) is 0 Å². The Hall–Kier alpha value is -6.74. The number of hydrogen-bond donors (Lipinski definition) is 4. The third kappa shape index (κ3) is 7.25. The molecule has 1 fully saturated rings. The van der Waals surface area contributed by atoms with E-state index >= 15 is 0 Å². The van der Waals surface area contributed by atoms with Gasteiger partial charge in [0.2, 0.25) is 17.6 Å². The molecule has 4 N–H and O–H groups in total. The highest BCUT2D eigenvalue weighted by atomic mass is 35.5. The highest BCUT2D eigenvalue weighted by Crippen LogP contribution is 2.61. The first-order valence-corrected chi connectivity index (χ1v) is 22.9. The van der Waals surface area contributed by atoms with Crippen molar-refractivity contribution in [2.45, 2.75) is 70.3 Å². The van der Waals surface area contributed by atoms with E-state index < -0.39 is 0 Å². The molecule has 4 aliphatic rings. The summed E-state index contributed by atoms with van der Waals surface area (Å²) in [5, 5.41) is 31.2. The first-order valence-electron chi connectivity index (χ1n) is 22.5. The predicted molar refractivity (Wildman–Crippen MR) is 264 cm³/mol. The number of nitrogens with one attached hydrogen (secondary N) is 2. The van der Waals surface area contributed by atoms with Crippen LogP contribution >= 0.6 is 11.6 Å². The molecule has 0 bridgehead atoms. The number of allylic oxidation sites excluding steroid dienone is 8. The standard InChI is InChI=1S/C56H51ClN4O4/c1-55(2)48(60(33-32-50(64)58-39-20-24-41(62)25-21-39)45-28-16-35-10-5-7-14-43(35)51(45)55)30-18-37-12-9-13-38(53(37)57)19-31-49-56(3,4)52-44-15-8-6-11-36(44)17-29-46(52)61(49)34-47(61)54(65)59-40-22-26-42(63)27-23-40/h5-8,10-11,14-31,47H,9,12-13,32-34H2,1-4H3,(H2-2,58,59,62,63,64,65)/p+2/b30-18+,38-19+,49-31+. The number of benzene rings is 6. The Labute approximate surface area is 384 Å². The molecule has 8 nitrogen and oxygen atoms in total. The van der Waals surface area contributed by atoms with Gasteiger partial charge in [-0.15, -0.1) is 0 Å². The minimum absolute atomic E-state index is 0.0523. The van der Waals surface area contributed by atoms with E-state index in [2.05, 4.69) is 140 Å². The molecule has 2 atom stereocenters. The number of rotatable bonds is 9. The molecule has 0 saturated carbocycles. The Bertz CT molecular complexity index is 3120. The third-order valence-electron chi connectivity index (χ3n) is 14.1. The molecule has 1 aliphatic carbocycles. The number of amides is 2. The normalized spacial score (nSPS) is 21.8. The maximum Gasteiger partial charge on any atom is 0.289 e. The van der Waals surface area contributed by atoms with Crippen LogP contribution in [0.3, 0.4) is 0 Å². The molecule has 1 saturated heterocycles. The van der Waals surface area contributed by atoms with E-state index in [0.717, 1.165) is 58.2 Å². The second-order valence-corrected chi connectivity index (χ2v) is 19.2. The molecule has 9 heteroatoms. The maximum absolute atomic E-state index is 14.1. The van der Waals surface area contributed by atoms with Crippen LogP contribution in [0.2, 0.25) is 0 Å². The Balaban J connectivity index is 0.999. The zero-order valence-corrected chi connectivity index (χ0v) is 37.9. The molecule has 2 amide bonds. The van der Waals surface area contributed by atoms with E-state index in [-0.39, 0.29) is 46.6 Å². The van der Waals surface area contributed by atoms with Crippen molar-refractivity contribution in [2.24, 2.45) is 0 Å². The third-order valence-corrected chi connectivity index (χ3v) is 14.6. The van der Waals surface area contributed by atoms with Crippen molar-refractivity contribution < 1.29 is 24.4 Å². The lowest BCUT2D eigenvalue weighted by Gasteiger charge is -2.23. The Kier molecular flexibility index (Phi) is 10.4. The Morgan fingerprint density at radius 3 is 2.02 bits per heavy atom. The molecule has 0 aromatic heterocycles. The van der Waals surface area contributed by atoms with Gasteiger partial charge < -0.3 is 20.8 Å². The van der Waals surface area contributed by atoms with Gasteiger partial charge >= 0.3 is 0 Å². The fraction of sp³-hybridized carbons (Fsp3) is 0.232. The number of carbonyl (C=O) groups is 2. The highest BCUT2D eigenvalue weighted by molar-refractivity contribution is 6.32. The molecule has 10 rings (SSSR count). The lowest BCUT2D eigenvalue weighted by atomic mass is 9.78. The lowest BCUT2D eigenvalue weighted by Crippen LogP contribution is -2.35. The first-order chi connectivity index (χ1) is 31.3. The number of anilines is 2. The minimum Gasteiger partial charge on any atom is -0.508 e. The summed E-state index contributed by atoms with van der Waals surface area (Å²) in [7, 11) is 0. The number of halogens is 1. The van der Waals surface area contributed by atoms with Gasteiger partial charge in [0.1, 0.15) is 22.9 Å². The van der Waals surface area contributed by atoms with Crippen molar-refractivity contribution in [1.82, 2.24) is 4.48 Å². The van der Waals surface area contributed by atoms with Gasteiger partial charge in [0, 0.05) is 45.7 Å². The monoisotopic (exact) mass is 880 g/mol. The molecule has 1 spiro atoms. The fourth-order valence-corrected chi connectivity index (χ4v) is 11.3. The van der Waals surface area contributed by atoms with E-state index in [4.69, 9.17) is 11.6 Å². The van der Waals surface area contributed by atoms with Crippen molar-refractivity contribution in [2.75, 3.05) is 23.7 Å². The van der Waals surface area contributed by atoms with Gasteiger partial charge in [-0.05, 0) is 146 Å². The summed E-state index contributed by atoms with van der Waals surface area (Å²) in [6, 6.07) is 38.6. The van der Waals surface area contributed by atoms with Crippen LogP contribution in [0.15, 0.2) is 168 Å². The summed E-state index contributed by atoms with van der Waals surface area (Å²) in [5.74, 6) is 0.143. The molecular weight excluding hydrogens is 828 g/mol. The maximum atomic E-state index is 14.1. The van der Waals surface area contributed by atoms with E-state index in [1.807, 2.05) is 0 Å². The number of fused-ring (bicyclic) bond motifs is 7.